The predicted octanol–water partition coefficient (Wildman–Crippen LogP) is 6.66. The Morgan fingerprint density at radius 3 is 2.14 bits per heavy atom. The van der Waals surface area contributed by atoms with E-state index >= 15 is 0 Å². The van der Waals surface area contributed by atoms with Crippen molar-refractivity contribution >= 4 is 23.9 Å². The Balaban J connectivity index is 1.27. The van der Waals surface area contributed by atoms with Crippen LogP contribution < -0.4 is 5.43 Å². The normalized spacial score (nSPS) is 12.7. The second kappa shape index (κ2) is 9.59. The predicted molar refractivity (Wildman–Crippen MR) is 147 cm³/mol. The number of fused-ring (bicyclic) bond motifs is 3. The summed E-state index contributed by atoms with van der Waals surface area (Å²) in [7, 11) is 0. The van der Waals surface area contributed by atoms with E-state index in [1.807, 2.05) is 0 Å². The molecule has 3 aromatic carbocycles. The number of amides is 1. The minimum atomic E-state index is -0.100. The molecular weight excluding hydrogens is 450 g/mol. The van der Waals surface area contributed by atoms with Crippen LogP contribution in [-0.4, -0.2) is 22.4 Å². The molecule has 176 valence electrons. The third-order valence-corrected chi connectivity index (χ3v) is 7.95. The lowest BCUT2D eigenvalue weighted by Gasteiger charge is -2.15. The quantitative estimate of drug-likeness (QED) is 0.248. The van der Waals surface area contributed by atoms with Gasteiger partial charge in [0.15, 0.2) is 0 Å². The maximum absolute atomic E-state index is 12.6. The zero-order chi connectivity index (χ0) is 24.5. The molecule has 1 aliphatic rings. The van der Waals surface area contributed by atoms with Crippen molar-refractivity contribution in [1.82, 2.24) is 9.99 Å². The summed E-state index contributed by atoms with van der Waals surface area (Å²) in [6.07, 6.45) is 1.75. The Morgan fingerprint density at radius 1 is 0.914 bits per heavy atom. The topological polar surface area (TPSA) is 46.4 Å². The first-order valence-electron chi connectivity index (χ1n) is 11.8. The second-order valence-electron chi connectivity index (χ2n) is 9.06. The van der Waals surface area contributed by atoms with Gasteiger partial charge in [-0.25, -0.2) is 5.43 Å². The molecule has 4 aromatic rings. The van der Waals surface area contributed by atoms with Gasteiger partial charge < -0.3 is 4.57 Å². The van der Waals surface area contributed by atoms with Crippen LogP contribution in [0.4, 0.5) is 0 Å². The molecule has 0 aliphatic heterocycles. The molecule has 0 unspecified atom stereocenters. The molecule has 0 radical (unpaired) electrons. The molecule has 0 spiro atoms. The number of para-hydroxylation sites is 1. The highest BCUT2D eigenvalue weighted by Crippen LogP contribution is 2.49. The fraction of sp³-hybridized carbons (Fsp3) is 0.200. The van der Waals surface area contributed by atoms with Crippen molar-refractivity contribution in [3.05, 3.63) is 112 Å². The molecule has 1 aromatic heterocycles. The number of hydrazone groups is 1. The summed E-state index contributed by atoms with van der Waals surface area (Å²) in [6, 6.07) is 25.4. The fourth-order valence-corrected chi connectivity index (χ4v) is 6.23. The summed E-state index contributed by atoms with van der Waals surface area (Å²) >= 11 is 1.64. The largest absolute Gasteiger partial charge is 0.317 e. The molecule has 0 bridgehead atoms. The lowest BCUT2D eigenvalue weighted by atomic mass is 10.1. The Labute approximate surface area is 211 Å². The van der Waals surface area contributed by atoms with Crippen LogP contribution in [0.3, 0.4) is 0 Å². The van der Waals surface area contributed by atoms with Crippen molar-refractivity contribution < 1.29 is 4.79 Å². The molecule has 1 heterocycles. The summed E-state index contributed by atoms with van der Waals surface area (Å²) in [5.41, 5.74) is 14.7. The van der Waals surface area contributed by atoms with Crippen LogP contribution >= 0.6 is 11.8 Å². The minimum Gasteiger partial charge on any atom is -0.317 e. The van der Waals surface area contributed by atoms with Gasteiger partial charge in [0.1, 0.15) is 0 Å². The van der Waals surface area contributed by atoms with E-state index in [4.69, 9.17) is 0 Å². The third-order valence-electron chi connectivity index (χ3n) is 6.68. The molecule has 0 saturated heterocycles. The van der Waals surface area contributed by atoms with E-state index in [1.54, 1.807) is 18.0 Å². The lowest BCUT2D eigenvalue weighted by molar-refractivity contribution is -0.118. The van der Waals surface area contributed by atoms with Gasteiger partial charge >= 0.3 is 0 Å². The van der Waals surface area contributed by atoms with Crippen molar-refractivity contribution in [3.8, 4) is 16.8 Å². The highest BCUT2D eigenvalue weighted by molar-refractivity contribution is 8.00. The average molecular weight is 480 g/mol. The smallest absolute Gasteiger partial charge is 0.250 e. The number of carbonyl (C=O) groups excluding carboxylic acids is 1. The Morgan fingerprint density at radius 2 is 1.51 bits per heavy atom. The molecule has 35 heavy (non-hydrogen) atoms. The van der Waals surface area contributed by atoms with Crippen LogP contribution in [0.5, 0.6) is 0 Å². The number of rotatable bonds is 6. The van der Waals surface area contributed by atoms with Crippen LogP contribution in [0.2, 0.25) is 0 Å². The summed E-state index contributed by atoms with van der Waals surface area (Å²) < 4.78 is 2.26. The maximum Gasteiger partial charge on any atom is 0.250 e. The highest BCUT2D eigenvalue weighted by Gasteiger charge is 2.28. The van der Waals surface area contributed by atoms with Crippen molar-refractivity contribution in [3.63, 3.8) is 0 Å². The number of aryl methyl sites for hydroxylation is 3. The van der Waals surface area contributed by atoms with Gasteiger partial charge in [0.05, 0.1) is 22.9 Å². The Bertz CT molecular complexity index is 1380. The average Bonchev–Trinajstić information content (AvgIpc) is 3.32. The van der Waals surface area contributed by atoms with Crippen LogP contribution in [-0.2, 0) is 4.79 Å². The number of hydrogen-bond donors (Lipinski definition) is 1. The van der Waals surface area contributed by atoms with Crippen molar-refractivity contribution in [2.75, 3.05) is 5.75 Å². The van der Waals surface area contributed by atoms with Gasteiger partial charge in [0.25, 0.3) is 0 Å². The van der Waals surface area contributed by atoms with Crippen molar-refractivity contribution in [2.24, 2.45) is 5.10 Å². The first-order chi connectivity index (χ1) is 17.0. The van der Waals surface area contributed by atoms with Gasteiger partial charge in [0, 0.05) is 17.0 Å². The first kappa shape index (κ1) is 23.2. The molecule has 0 atom stereocenters. The first-order valence-corrected chi connectivity index (χ1v) is 12.9. The van der Waals surface area contributed by atoms with Crippen molar-refractivity contribution in [2.45, 2.75) is 32.9 Å². The fourth-order valence-electron chi connectivity index (χ4n) is 5.07. The summed E-state index contributed by atoms with van der Waals surface area (Å²) in [4.78, 5) is 12.6. The van der Waals surface area contributed by atoms with E-state index in [2.05, 4.69) is 116 Å². The number of thioether (sulfide) groups is 1. The minimum absolute atomic E-state index is 0.100. The van der Waals surface area contributed by atoms with Crippen LogP contribution in [0.25, 0.3) is 16.8 Å². The molecule has 1 N–H and O–H groups in total. The highest BCUT2D eigenvalue weighted by atomic mass is 32.2. The van der Waals surface area contributed by atoms with E-state index in [0.29, 0.717) is 5.75 Å². The molecule has 0 fully saturated rings. The maximum atomic E-state index is 12.6. The number of aromatic nitrogens is 1. The molecule has 1 amide bonds. The molecule has 5 rings (SSSR count). The number of nitrogens with one attached hydrogen (secondary N) is 1. The molecule has 4 nitrogen and oxygen atoms in total. The van der Waals surface area contributed by atoms with Gasteiger partial charge in [-0.3, -0.25) is 4.79 Å². The van der Waals surface area contributed by atoms with Crippen LogP contribution in [0.15, 0.2) is 77.9 Å². The monoisotopic (exact) mass is 479 g/mol. The Hall–Kier alpha value is -3.57. The summed E-state index contributed by atoms with van der Waals surface area (Å²) in [6.45, 7) is 8.46. The number of benzene rings is 3. The van der Waals surface area contributed by atoms with Crippen molar-refractivity contribution in [1.29, 1.82) is 0 Å². The zero-order valence-corrected chi connectivity index (χ0v) is 21.3. The second-order valence-corrected chi connectivity index (χ2v) is 10.2. The van der Waals surface area contributed by atoms with Gasteiger partial charge in [0.2, 0.25) is 5.91 Å². The summed E-state index contributed by atoms with van der Waals surface area (Å²) in [5.74, 6) is 0.239. The van der Waals surface area contributed by atoms with Gasteiger partial charge in [-0.15, -0.1) is 11.8 Å². The summed E-state index contributed by atoms with van der Waals surface area (Å²) in [5, 5.41) is 4.44. The zero-order valence-electron chi connectivity index (χ0n) is 20.5. The van der Waals surface area contributed by atoms with Gasteiger partial charge in [-0.05, 0) is 67.1 Å². The molecule has 0 saturated carbocycles. The molecule has 1 aliphatic carbocycles. The number of carbonyl (C=O) groups is 1. The van der Waals surface area contributed by atoms with Gasteiger partial charge in [-0.1, -0.05) is 66.7 Å². The molecular formula is C30H29N3OS. The van der Waals surface area contributed by atoms with Crippen LogP contribution in [0, 0.1) is 27.7 Å². The van der Waals surface area contributed by atoms with Gasteiger partial charge in [-0.2, -0.15) is 5.10 Å². The SMILES string of the molecule is Cc1cccc(C)c1-n1c(C)cc(/C=N\NC(=O)CSC2c3ccccc3-c3ccccc32)c1C. The Kier molecular flexibility index (Phi) is 6.35. The van der Waals surface area contributed by atoms with E-state index in [-0.39, 0.29) is 11.2 Å². The van der Waals surface area contributed by atoms with E-state index in [0.717, 1.165) is 17.0 Å². The number of hydrogen-bond acceptors (Lipinski definition) is 3. The van der Waals surface area contributed by atoms with E-state index in [9.17, 15) is 4.79 Å². The molecule has 5 heteroatoms. The third kappa shape index (κ3) is 4.32. The lowest BCUT2D eigenvalue weighted by Crippen LogP contribution is -2.20. The van der Waals surface area contributed by atoms with E-state index in [1.165, 1.54) is 39.1 Å². The van der Waals surface area contributed by atoms with E-state index < -0.39 is 0 Å². The standard InChI is InChI=1S/C30H29N3OS/c1-19-10-9-11-20(2)29(19)33-21(3)16-23(22(33)4)17-31-32-28(34)18-35-30-26-14-7-5-12-24(26)25-13-6-8-15-27(25)30/h5-17,30H,18H2,1-4H3,(H,32,34)/b31-17-. The van der Waals surface area contributed by atoms with Crippen LogP contribution in [0.1, 0.15) is 44.5 Å². The number of nitrogens with zero attached hydrogens (tertiary/aromatic N) is 2.